The Labute approximate surface area is 188 Å². The van der Waals surface area contributed by atoms with E-state index in [9.17, 15) is 17.2 Å². The van der Waals surface area contributed by atoms with Crippen LogP contribution in [0.4, 0.5) is 8.78 Å². The van der Waals surface area contributed by atoms with E-state index >= 15 is 0 Å². The van der Waals surface area contributed by atoms with Crippen LogP contribution in [0.3, 0.4) is 0 Å². The van der Waals surface area contributed by atoms with Crippen LogP contribution in [0.2, 0.25) is 5.02 Å². The average molecular weight is 478 g/mol. The molecule has 4 rings (SSSR count). The zero-order valence-electron chi connectivity index (χ0n) is 16.7. The molecule has 32 heavy (non-hydrogen) atoms. The van der Waals surface area contributed by atoms with Crippen molar-refractivity contribution in [1.82, 2.24) is 14.3 Å². The number of rotatable bonds is 7. The third-order valence-corrected chi connectivity index (χ3v) is 6.63. The second-order valence-corrected chi connectivity index (χ2v) is 9.07. The number of aryl methyl sites for hydroxylation is 1. The van der Waals surface area contributed by atoms with Crippen molar-refractivity contribution in [3.63, 3.8) is 0 Å². The van der Waals surface area contributed by atoms with Gasteiger partial charge in [-0.05, 0) is 35.9 Å². The molecular weight excluding hydrogens is 460 g/mol. The molecule has 0 aliphatic carbocycles. The monoisotopic (exact) mass is 477 g/mol. The number of hydrogen-bond acceptors (Lipinski definition) is 4. The van der Waals surface area contributed by atoms with Gasteiger partial charge in [-0.3, -0.25) is 0 Å². The molecule has 1 heterocycles. The molecule has 1 N–H and O–H groups in total. The highest BCUT2D eigenvalue weighted by atomic mass is 35.5. The van der Waals surface area contributed by atoms with Crippen molar-refractivity contribution in [1.29, 1.82) is 0 Å². The summed E-state index contributed by atoms with van der Waals surface area (Å²) in [6.07, 6.45) is 0. The SMILES string of the molecule is Cn1c(C(NS(=O)(=O)c2ccc(OC(F)F)c(Cl)c2)c2ccccc2)nc2ccccc21. The number of benzene rings is 3. The van der Waals surface area contributed by atoms with Crippen molar-refractivity contribution >= 4 is 32.7 Å². The van der Waals surface area contributed by atoms with Crippen LogP contribution in [0.15, 0.2) is 77.7 Å². The molecule has 10 heteroatoms. The van der Waals surface area contributed by atoms with E-state index in [1.54, 1.807) is 24.3 Å². The lowest BCUT2D eigenvalue weighted by Gasteiger charge is -2.19. The molecule has 0 fully saturated rings. The summed E-state index contributed by atoms with van der Waals surface area (Å²) >= 11 is 5.96. The first kappa shape index (κ1) is 22.2. The fraction of sp³-hybridized carbons (Fsp3) is 0.136. The molecule has 1 unspecified atom stereocenters. The summed E-state index contributed by atoms with van der Waals surface area (Å²) in [7, 11) is -2.30. The highest BCUT2D eigenvalue weighted by Gasteiger charge is 2.27. The van der Waals surface area contributed by atoms with Gasteiger partial charge < -0.3 is 9.30 Å². The highest BCUT2D eigenvalue weighted by Crippen LogP contribution is 2.31. The topological polar surface area (TPSA) is 73.2 Å². The van der Waals surface area contributed by atoms with Gasteiger partial charge in [0.05, 0.1) is 21.0 Å². The fourth-order valence-electron chi connectivity index (χ4n) is 3.40. The molecule has 166 valence electrons. The van der Waals surface area contributed by atoms with E-state index in [1.165, 1.54) is 0 Å². The van der Waals surface area contributed by atoms with E-state index < -0.39 is 22.7 Å². The van der Waals surface area contributed by atoms with Crippen LogP contribution in [-0.4, -0.2) is 24.6 Å². The van der Waals surface area contributed by atoms with Crippen LogP contribution in [-0.2, 0) is 17.1 Å². The van der Waals surface area contributed by atoms with Crippen LogP contribution in [0.5, 0.6) is 5.75 Å². The summed E-state index contributed by atoms with van der Waals surface area (Å²) in [5, 5.41) is -0.243. The quantitative estimate of drug-likeness (QED) is 0.411. The van der Waals surface area contributed by atoms with Gasteiger partial charge in [0.15, 0.2) is 0 Å². The van der Waals surface area contributed by atoms with Gasteiger partial charge in [-0.25, -0.2) is 13.4 Å². The van der Waals surface area contributed by atoms with Crippen LogP contribution in [0, 0.1) is 0 Å². The molecule has 3 aromatic carbocycles. The first-order valence-corrected chi connectivity index (χ1v) is 11.4. The number of nitrogens with one attached hydrogen (secondary N) is 1. The largest absolute Gasteiger partial charge is 0.433 e. The van der Waals surface area contributed by atoms with Crippen LogP contribution in [0.1, 0.15) is 17.4 Å². The number of sulfonamides is 1. The molecule has 1 aromatic heterocycles. The number of para-hydroxylation sites is 2. The molecular formula is C22H18ClF2N3O3S. The van der Waals surface area contributed by atoms with Gasteiger partial charge in [-0.1, -0.05) is 54.1 Å². The molecule has 0 bridgehead atoms. The number of fused-ring (bicyclic) bond motifs is 1. The fourth-order valence-corrected chi connectivity index (χ4v) is 4.90. The molecule has 1 atom stereocenters. The second kappa shape index (κ2) is 8.85. The summed E-state index contributed by atoms with van der Waals surface area (Å²) in [5.74, 6) is 0.181. The first-order valence-electron chi connectivity index (χ1n) is 9.49. The van der Waals surface area contributed by atoms with Crippen molar-refractivity contribution in [3.05, 3.63) is 89.2 Å². The Hall–Kier alpha value is -3.01. The van der Waals surface area contributed by atoms with Crippen molar-refractivity contribution in [2.75, 3.05) is 0 Å². The maximum Gasteiger partial charge on any atom is 0.387 e. The Balaban J connectivity index is 1.76. The number of imidazole rings is 1. The summed E-state index contributed by atoms with van der Waals surface area (Å²) in [5.41, 5.74) is 2.25. The third kappa shape index (κ3) is 4.45. The summed E-state index contributed by atoms with van der Waals surface area (Å²) in [4.78, 5) is 4.45. The minimum atomic E-state index is -4.11. The van der Waals surface area contributed by atoms with Gasteiger partial charge in [0.25, 0.3) is 0 Å². The molecule has 0 saturated heterocycles. The predicted octanol–water partition coefficient (Wildman–Crippen LogP) is 4.90. The van der Waals surface area contributed by atoms with Gasteiger partial charge in [-0.2, -0.15) is 13.5 Å². The normalized spacial score (nSPS) is 12.9. The third-order valence-electron chi connectivity index (χ3n) is 4.92. The van der Waals surface area contributed by atoms with Gasteiger partial charge in [0, 0.05) is 7.05 Å². The summed E-state index contributed by atoms with van der Waals surface area (Å²) in [6.45, 7) is -3.08. The maximum absolute atomic E-state index is 13.2. The molecule has 0 amide bonds. The standard InChI is InChI=1S/C22H18ClF2N3O3S/c1-28-18-10-6-5-9-17(18)26-21(28)20(14-7-3-2-4-8-14)27-32(29,30)15-11-12-19(16(23)13-15)31-22(24)25/h2-13,20,22,27H,1H3. The molecule has 0 radical (unpaired) electrons. The second-order valence-electron chi connectivity index (χ2n) is 6.95. The number of nitrogens with zero attached hydrogens (tertiary/aromatic N) is 2. The lowest BCUT2D eigenvalue weighted by Crippen LogP contribution is -2.31. The Morgan fingerprint density at radius 2 is 1.72 bits per heavy atom. The average Bonchev–Trinajstić information content (AvgIpc) is 3.10. The van der Waals surface area contributed by atoms with Crippen molar-refractivity contribution in [2.45, 2.75) is 17.5 Å². The summed E-state index contributed by atoms with van der Waals surface area (Å²) in [6, 6.07) is 19.0. The lowest BCUT2D eigenvalue weighted by molar-refractivity contribution is -0.0498. The highest BCUT2D eigenvalue weighted by molar-refractivity contribution is 7.89. The molecule has 6 nitrogen and oxygen atoms in total. The Bertz CT molecular complexity index is 1360. The van der Waals surface area contributed by atoms with E-state index in [4.69, 9.17) is 11.6 Å². The number of alkyl halides is 2. The zero-order chi connectivity index (χ0) is 22.9. The molecule has 0 spiro atoms. The van der Waals surface area contributed by atoms with Gasteiger partial charge in [-0.15, -0.1) is 0 Å². The van der Waals surface area contributed by atoms with Crippen LogP contribution >= 0.6 is 11.6 Å². The van der Waals surface area contributed by atoms with Gasteiger partial charge in [0.2, 0.25) is 10.0 Å². The Morgan fingerprint density at radius 1 is 1.03 bits per heavy atom. The maximum atomic E-state index is 13.2. The molecule has 4 aromatic rings. The minimum Gasteiger partial charge on any atom is -0.433 e. The number of aromatic nitrogens is 2. The number of hydrogen-bond donors (Lipinski definition) is 1. The van der Waals surface area contributed by atoms with Crippen LogP contribution in [0.25, 0.3) is 11.0 Å². The smallest absolute Gasteiger partial charge is 0.387 e. The predicted molar refractivity (Wildman–Crippen MR) is 117 cm³/mol. The van der Waals surface area contributed by atoms with Crippen molar-refractivity contribution < 1.29 is 21.9 Å². The lowest BCUT2D eigenvalue weighted by atomic mass is 10.1. The Morgan fingerprint density at radius 3 is 2.38 bits per heavy atom. The van der Waals surface area contributed by atoms with Crippen molar-refractivity contribution in [3.8, 4) is 5.75 Å². The van der Waals surface area contributed by atoms with Gasteiger partial charge in [0.1, 0.15) is 17.6 Å². The number of ether oxygens (including phenoxy) is 1. The van der Waals surface area contributed by atoms with Crippen LogP contribution < -0.4 is 9.46 Å². The van der Waals surface area contributed by atoms with E-state index in [1.807, 2.05) is 41.9 Å². The molecule has 0 aliphatic rings. The first-order chi connectivity index (χ1) is 15.3. The molecule has 0 aliphatic heterocycles. The summed E-state index contributed by atoms with van der Waals surface area (Å²) < 4.78 is 60.2. The zero-order valence-corrected chi connectivity index (χ0v) is 18.3. The van der Waals surface area contributed by atoms with Gasteiger partial charge >= 0.3 is 6.61 Å². The Kier molecular flexibility index (Phi) is 6.14. The van der Waals surface area contributed by atoms with E-state index in [2.05, 4.69) is 14.4 Å². The van der Waals surface area contributed by atoms with E-state index in [-0.39, 0.29) is 15.7 Å². The number of halogens is 3. The van der Waals surface area contributed by atoms with E-state index in [0.717, 1.165) is 29.2 Å². The minimum absolute atomic E-state index is 0.191. The van der Waals surface area contributed by atoms with Crippen molar-refractivity contribution in [2.24, 2.45) is 7.05 Å². The van der Waals surface area contributed by atoms with E-state index in [0.29, 0.717) is 11.4 Å². The molecule has 0 saturated carbocycles.